The number of nitrogens with two attached hydrogens (primary N) is 1. The Kier molecular flexibility index (Phi) is 7.25. The second-order valence-electron chi connectivity index (χ2n) is 5.49. The van der Waals surface area contributed by atoms with Crippen LogP contribution in [0.3, 0.4) is 0 Å². The van der Waals surface area contributed by atoms with Crippen molar-refractivity contribution in [2.45, 2.75) is 32.2 Å². The van der Waals surface area contributed by atoms with Crippen molar-refractivity contribution in [1.29, 1.82) is 0 Å². The van der Waals surface area contributed by atoms with Crippen molar-refractivity contribution in [2.24, 2.45) is 5.73 Å². The molecule has 0 saturated carbocycles. The lowest BCUT2D eigenvalue weighted by Gasteiger charge is -2.31. The van der Waals surface area contributed by atoms with Crippen molar-refractivity contribution >= 4 is 18.3 Å². The Balaban J connectivity index is 0.00000288. The highest BCUT2D eigenvalue weighted by atomic mass is 35.5. The third-order valence-corrected chi connectivity index (χ3v) is 4.28. The lowest BCUT2D eigenvalue weighted by molar-refractivity contribution is 0.0889. The van der Waals surface area contributed by atoms with E-state index in [2.05, 4.69) is 10.4 Å². The number of benzene rings is 1. The summed E-state index contributed by atoms with van der Waals surface area (Å²) in [4.78, 5) is 12.4. The van der Waals surface area contributed by atoms with Crippen LogP contribution in [0.5, 0.6) is 5.75 Å². The number of aromatic nitrogens is 2. The Morgan fingerprint density at radius 2 is 1.88 bits per heavy atom. The molecule has 0 saturated heterocycles. The number of nitrogens with zero attached hydrogens (tertiary/aromatic N) is 2. The van der Waals surface area contributed by atoms with Gasteiger partial charge in [-0.15, -0.1) is 12.4 Å². The second-order valence-corrected chi connectivity index (χ2v) is 5.49. The van der Waals surface area contributed by atoms with E-state index >= 15 is 0 Å². The molecule has 0 unspecified atom stereocenters. The van der Waals surface area contributed by atoms with E-state index in [1.807, 2.05) is 38.1 Å². The van der Waals surface area contributed by atoms with Crippen molar-refractivity contribution in [3.63, 3.8) is 0 Å². The topological polar surface area (TPSA) is 82.2 Å². The van der Waals surface area contributed by atoms with Gasteiger partial charge in [-0.2, -0.15) is 5.10 Å². The zero-order valence-electron chi connectivity index (χ0n) is 14.3. The zero-order valence-corrected chi connectivity index (χ0v) is 15.1. The van der Waals surface area contributed by atoms with Crippen LogP contribution in [0.2, 0.25) is 0 Å². The number of methoxy groups -OCH3 is 1. The summed E-state index contributed by atoms with van der Waals surface area (Å²) >= 11 is 0. The highest BCUT2D eigenvalue weighted by Crippen LogP contribution is 2.16. The fourth-order valence-corrected chi connectivity index (χ4v) is 2.40. The lowest BCUT2D eigenvalue weighted by atomic mass is 9.93. The van der Waals surface area contributed by atoms with Gasteiger partial charge >= 0.3 is 0 Å². The van der Waals surface area contributed by atoms with E-state index < -0.39 is 0 Å². The summed E-state index contributed by atoms with van der Waals surface area (Å²) < 4.78 is 6.80. The number of carbonyl (C=O) groups is 1. The standard InChI is InChI=1S/C17H24N4O2.ClH/c1-4-17(5-2,12-18)19-16(22)15-10-11-21(20-15)13-6-8-14(23-3)9-7-13;/h6-11H,4-5,12,18H2,1-3H3,(H,19,22);1H. The monoisotopic (exact) mass is 352 g/mol. The van der Waals surface area contributed by atoms with Gasteiger partial charge in [0, 0.05) is 12.7 Å². The van der Waals surface area contributed by atoms with Crippen LogP contribution >= 0.6 is 12.4 Å². The first kappa shape index (κ1) is 20.0. The van der Waals surface area contributed by atoms with Gasteiger partial charge in [-0.05, 0) is 43.2 Å². The molecule has 0 aliphatic heterocycles. The number of carbonyl (C=O) groups excluding carboxylic acids is 1. The van der Waals surface area contributed by atoms with Crippen LogP contribution in [0.1, 0.15) is 37.2 Å². The minimum Gasteiger partial charge on any atom is -0.497 e. The zero-order chi connectivity index (χ0) is 16.9. The first-order valence-corrected chi connectivity index (χ1v) is 7.80. The number of amides is 1. The molecular weight excluding hydrogens is 328 g/mol. The Bertz CT molecular complexity index is 643. The Morgan fingerprint density at radius 3 is 2.38 bits per heavy atom. The average Bonchev–Trinajstić information content (AvgIpc) is 3.10. The average molecular weight is 353 g/mol. The highest BCUT2D eigenvalue weighted by Gasteiger charge is 2.27. The maximum absolute atomic E-state index is 12.4. The number of hydrogen-bond acceptors (Lipinski definition) is 4. The number of rotatable bonds is 7. The molecule has 0 aliphatic carbocycles. The predicted octanol–water partition coefficient (Wildman–Crippen LogP) is 2.55. The fourth-order valence-electron chi connectivity index (χ4n) is 2.40. The fraction of sp³-hybridized carbons (Fsp3) is 0.412. The van der Waals surface area contributed by atoms with Gasteiger partial charge in [0.05, 0.1) is 18.3 Å². The van der Waals surface area contributed by atoms with Gasteiger partial charge in [0.25, 0.3) is 5.91 Å². The second kappa shape index (κ2) is 8.70. The molecule has 0 aliphatic rings. The SMILES string of the molecule is CCC(CC)(CN)NC(=O)c1ccn(-c2ccc(OC)cc2)n1.Cl. The van der Waals surface area contributed by atoms with Gasteiger partial charge in [0.2, 0.25) is 0 Å². The van der Waals surface area contributed by atoms with E-state index in [1.165, 1.54) is 0 Å². The van der Waals surface area contributed by atoms with Gasteiger partial charge < -0.3 is 15.8 Å². The summed E-state index contributed by atoms with van der Waals surface area (Å²) in [5.41, 5.74) is 6.69. The third kappa shape index (κ3) is 4.27. The largest absolute Gasteiger partial charge is 0.497 e. The first-order chi connectivity index (χ1) is 11.1. The Labute approximate surface area is 148 Å². The summed E-state index contributed by atoms with van der Waals surface area (Å²) in [7, 11) is 1.62. The molecule has 2 rings (SSSR count). The van der Waals surface area contributed by atoms with Crippen molar-refractivity contribution < 1.29 is 9.53 Å². The van der Waals surface area contributed by atoms with Crippen LogP contribution in [-0.4, -0.2) is 34.9 Å². The molecule has 1 aromatic heterocycles. The van der Waals surface area contributed by atoms with E-state index in [4.69, 9.17) is 10.5 Å². The van der Waals surface area contributed by atoms with Crippen LogP contribution in [0.15, 0.2) is 36.5 Å². The van der Waals surface area contributed by atoms with E-state index in [9.17, 15) is 4.79 Å². The summed E-state index contributed by atoms with van der Waals surface area (Å²) in [6.45, 7) is 4.45. The molecule has 1 amide bonds. The summed E-state index contributed by atoms with van der Waals surface area (Å²) in [6, 6.07) is 9.17. The number of hydrogen-bond donors (Lipinski definition) is 2. The highest BCUT2D eigenvalue weighted by molar-refractivity contribution is 5.92. The van der Waals surface area contributed by atoms with Gasteiger partial charge in [0.15, 0.2) is 5.69 Å². The normalized spacial score (nSPS) is 10.8. The van der Waals surface area contributed by atoms with Crippen molar-refractivity contribution in [3.05, 3.63) is 42.2 Å². The van der Waals surface area contributed by atoms with Gasteiger partial charge in [-0.1, -0.05) is 13.8 Å². The molecule has 132 valence electrons. The molecule has 0 spiro atoms. The molecule has 0 radical (unpaired) electrons. The van der Waals surface area contributed by atoms with E-state index in [-0.39, 0.29) is 23.9 Å². The smallest absolute Gasteiger partial charge is 0.272 e. The maximum Gasteiger partial charge on any atom is 0.272 e. The molecule has 0 fully saturated rings. The van der Waals surface area contributed by atoms with Gasteiger partial charge in [-0.25, -0.2) is 4.68 Å². The Morgan fingerprint density at radius 1 is 1.25 bits per heavy atom. The number of ether oxygens (including phenoxy) is 1. The molecule has 0 bridgehead atoms. The minimum atomic E-state index is -0.374. The molecule has 7 heteroatoms. The molecule has 3 N–H and O–H groups in total. The molecule has 1 aromatic carbocycles. The van der Waals surface area contributed by atoms with Crippen LogP contribution < -0.4 is 15.8 Å². The van der Waals surface area contributed by atoms with E-state index in [0.29, 0.717) is 12.2 Å². The van der Waals surface area contributed by atoms with Crippen molar-refractivity contribution in [1.82, 2.24) is 15.1 Å². The quantitative estimate of drug-likeness (QED) is 0.802. The Hall–Kier alpha value is -2.05. The number of nitrogens with one attached hydrogen (secondary N) is 1. The van der Waals surface area contributed by atoms with Crippen LogP contribution in [-0.2, 0) is 0 Å². The van der Waals surface area contributed by atoms with Crippen LogP contribution in [0.4, 0.5) is 0 Å². The molecule has 1 heterocycles. The third-order valence-electron chi connectivity index (χ3n) is 4.28. The molecule has 0 atom stereocenters. The van der Waals surface area contributed by atoms with E-state index in [1.54, 1.807) is 24.1 Å². The summed E-state index contributed by atoms with van der Waals surface area (Å²) in [5.74, 6) is 0.573. The van der Waals surface area contributed by atoms with Crippen molar-refractivity contribution in [3.8, 4) is 11.4 Å². The summed E-state index contributed by atoms with van der Waals surface area (Å²) in [5, 5.41) is 7.37. The minimum absolute atomic E-state index is 0. The predicted molar refractivity (Wildman–Crippen MR) is 97.2 cm³/mol. The van der Waals surface area contributed by atoms with Crippen LogP contribution in [0, 0.1) is 0 Å². The molecule has 6 nitrogen and oxygen atoms in total. The summed E-state index contributed by atoms with van der Waals surface area (Å²) in [6.07, 6.45) is 3.33. The maximum atomic E-state index is 12.4. The van der Waals surface area contributed by atoms with Gasteiger partial charge in [-0.3, -0.25) is 4.79 Å². The van der Waals surface area contributed by atoms with Crippen LogP contribution in [0.25, 0.3) is 5.69 Å². The lowest BCUT2D eigenvalue weighted by Crippen LogP contribution is -2.53. The molecule has 24 heavy (non-hydrogen) atoms. The van der Waals surface area contributed by atoms with E-state index in [0.717, 1.165) is 24.3 Å². The van der Waals surface area contributed by atoms with Crippen molar-refractivity contribution in [2.75, 3.05) is 13.7 Å². The number of halogens is 1. The molecule has 2 aromatic rings. The first-order valence-electron chi connectivity index (χ1n) is 7.80. The van der Waals surface area contributed by atoms with Gasteiger partial charge in [0.1, 0.15) is 5.75 Å². The molecular formula is C17H25ClN4O2.